The summed E-state index contributed by atoms with van der Waals surface area (Å²) in [5, 5.41) is 9.36. The van der Waals surface area contributed by atoms with Gasteiger partial charge in [0.2, 0.25) is 0 Å². The van der Waals surface area contributed by atoms with Crippen molar-refractivity contribution in [1.29, 1.82) is 0 Å². The van der Waals surface area contributed by atoms with E-state index in [1.807, 2.05) is 0 Å². The third kappa shape index (κ3) is 3.78. The Morgan fingerprint density at radius 3 is 2.82 bits per heavy atom. The molecule has 0 radical (unpaired) electrons. The number of Topliss-reactive ketones (excluding diaryl/α,β-unsaturated/α-hetero) is 1. The van der Waals surface area contributed by atoms with Crippen molar-refractivity contribution in [2.24, 2.45) is 5.92 Å². The molecule has 0 aromatic rings. The van der Waals surface area contributed by atoms with Crippen LogP contribution in [0.2, 0.25) is 0 Å². The van der Waals surface area contributed by atoms with Crippen molar-refractivity contribution in [3.05, 3.63) is 0 Å². The lowest BCUT2D eigenvalue weighted by Crippen LogP contribution is -2.46. The van der Waals surface area contributed by atoms with Gasteiger partial charge in [-0.1, -0.05) is 0 Å². The Kier molecular flexibility index (Phi) is 5.08. The summed E-state index contributed by atoms with van der Waals surface area (Å²) in [5.74, 6) is -1.59. The molecule has 5 nitrogen and oxygen atoms in total. The monoisotopic (exact) mass is 244 g/mol. The predicted molar refractivity (Wildman–Crippen MR) is 60.4 cm³/mol. The molecule has 0 aromatic carbocycles. The lowest BCUT2D eigenvalue weighted by Gasteiger charge is -2.33. The van der Waals surface area contributed by atoms with Gasteiger partial charge in [0.05, 0.1) is 24.9 Å². The molecule has 1 rings (SSSR count). The zero-order valence-electron chi connectivity index (χ0n) is 10.5. The zero-order chi connectivity index (χ0) is 13.0. The van der Waals surface area contributed by atoms with Gasteiger partial charge >= 0.3 is 5.97 Å². The summed E-state index contributed by atoms with van der Waals surface area (Å²) in [6.07, 6.45) is -0.920. The van der Waals surface area contributed by atoms with E-state index in [4.69, 9.17) is 9.47 Å². The molecular formula is C12H20O5. The van der Waals surface area contributed by atoms with Crippen LogP contribution in [0.25, 0.3) is 0 Å². The smallest absolute Gasteiger partial charge is 0.319 e. The molecule has 4 atom stereocenters. The topological polar surface area (TPSA) is 72.8 Å². The number of hydrogen-bond donors (Lipinski definition) is 1. The highest BCUT2D eigenvalue weighted by Gasteiger charge is 2.42. The van der Waals surface area contributed by atoms with E-state index in [2.05, 4.69) is 0 Å². The van der Waals surface area contributed by atoms with Crippen LogP contribution in [0.3, 0.4) is 0 Å². The van der Waals surface area contributed by atoms with Crippen LogP contribution in [0, 0.1) is 5.92 Å². The van der Waals surface area contributed by atoms with Gasteiger partial charge < -0.3 is 14.6 Å². The van der Waals surface area contributed by atoms with E-state index in [1.165, 1.54) is 0 Å². The molecule has 5 heteroatoms. The summed E-state index contributed by atoms with van der Waals surface area (Å²) in [6, 6.07) is 0. The van der Waals surface area contributed by atoms with Crippen molar-refractivity contribution in [3.8, 4) is 0 Å². The first kappa shape index (κ1) is 14.1. The maximum atomic E-state index is 11.9. The minimum atomic E-state index is -0.888. The molecule has 1 saturated heterocycles. The number of carbonyl (C=O) groups is 2. The number of hydrogen-bond acceptors (Lipinski definition) is 5. The molecule has 0 aromatic heterocycles. The van der Waals surface area contributed by atoms with Crippen molar-refractivity contribution in [3.63, 3.8) is 0 Å². The summed E-state index contributed by atoms with van der Waals surface area (Å²) in [6.45, 7) is 5.32. The van der Waals surface area contributed by atoms with Crippen molar-refractivity contribution in [2.45, 2.75) is 51.9 Å². The van der Waals surface area contributed by atoms with Gasteiger partial charge in [-0.3, -0.25) is 9.59 Å². The largest absolute Gasteiger partial charge is 0.465 e. The summed E-state index contributed by atoms with van der Waals surface area (Å²) < 4.78 is 10.4. The van der Waals surface area contributed by atoms with Gasteiger partial charge in [0.25, 0.3) is 0 Å². The van der Waals surface area contributed by atoms with Crippen molar-refractivity contribution in [2.75, 3.05) is 6.61 Å². The minimum Gasteiger partial charge on any atom is -0.465 e. The number of ether oxygens (including phenoxy) is 2. The van der Waals surface area contributed by atoms with Gasteiger partial charge in [-0.25, -0.2) is 0 Å². The summed E-state index contributed by atoms with van der Waals surface area (Å²) in [7, 11) is 0. The van der Waals surface area contributed by atoms with Crippen LogP contribution in [-0.4, -0.2) is 41.8 Å². The Bertz CT molecular complexity index is 277. The number of aliphatic hydroxyl groups excluding tert-OH is 1. The zero-order valence-corrected chi connectivity index (χ0v) is 10.5. The second kappa shape index (κ2) is 6.12. The van der Waals surface area contributed by atoms with Crippen LogP contribution in [0.15, 0.2) is 0 Å². The normalized spacial score (nSPS) is 31.1. The van der Waals surface area contributed by atoms with E-state index in [1.54, 1.807) is 20.8 Å². The standard InChI is InChI=1S/C12H20O5/c1-4-16-12(15)11-9(14)6-8(3)17-10(11)5-7(2)13/h7-8,10-11,13H,4-6H2,1-3H3/t7-,8-,10+,11?/m0/s1. The maximum Gasteiger partial charge on any atom is 0.319 e. The molecule has 1 N–H and O–H groups in total. The van der Waals surface area contributed by atoms with Gasteiger partial charge in [-0.05, 0) is 20.8 Å². The Morgan fingerprint density at radius 1 is 1.65 bits per heavy atom. The van der Waals surface area contributed by atoms with Gasteiger partial charge in [0, 0.05) is 12.8 Å². The molecule has 0 aliphatic carbocycles. The number of aliphatic hydroxyl groups is 1. The third-order valence-electron chi connectivity index (χ3n) is 2.73. The number of esters is 1. The molecule has 17 heavy (non-hydrogen) atoms. The average molecular weight is 244 g/mol. The van der Waals surface area contributed by atoms with Crippen molar-refractivity contribution in [1.82, 2.24) is 0 Å². The molecule has 1 heterocycles. The first-order chi connectivity index (χ1) is 7.95. The molecule has 0 bridgehead atoms. The van der Waals surface area contributed by atoms with E-state index < -0.39 is 24.1 Å². The fraction of sp³-hybridized carbons (Fsp3) is 0.833. The molecular weight excluding hydrogens is 224 g/mol. The van der Waals surface area contributed by atoms with Gasteiger partial charge in [-0.15, -0.1) is 0 Å². The SMILES string of the molecule is CCOC(=O)C1C(=O)C[C@H](C)O[C@@H]1C[C@H](C)O. The maximum absolute atomic E-state index is 11.9. The first-order valence-corrected chi connectivity index (χ1v) is 5.98. The van der Waals surface area contributed by atoms with Crippen LogP contribution < -0.4 is 0 Å². The minimum absolute atomic E-state index is 0.159. The Hall–Kier alpha value is -0.940. The second-order valence-electron chi connectivity index (χ2n) is 4.47. The number of carbonyl (C=O) groups excluding carboxylic acids is 2. The van der Waals surface area contributed by atoms with Gasteiger partial charge in [0.1, 0.15) is 5.92 Å². The lowest BCUT2D eigenvalue weighted by atomic mass is 9.88. The van der Waals surface area contributed by atoms with E-state index in [0.717, 1.165) is 0 Å². The summed E-state index contributed by atoms with van der Waals surface area (Å²) >= 11 is 0. The molecule has 1 fully saturated rings. The Labute approximate surface area is 101 Å². The van der Waals surface area contributed by atoms with Crippen LogP contribution >= 0.6 is 0 Å². The molecule has 1 aliphatic heterocycles. The number of rotatable bonds is 4. The highest BCUT2D eigenvalue weighted by Crippen LogP contribution is 2.26. The first-order valence-electron chi connectivity index (χ1n) is 5.98. The number of ketones is 1. The lowest BCUT2D eigenvalue weighted by molar-refractivity contribution is -0.169. The third-order valence-corrected chi connectivity index (χ3v) is 2.73. The highest BCUT2D eigenvalue weighted by atomic mass is 16.5. The average Bonchev–Trinajstić information content (AvgIpc) is 2.15. The second-order valence-corrected chi connectivity index (χ2v) is 4.47. The highest BCUT2D eigenvalue weighted by molar-refractivity contribution is 6.00. The van der Waals surface area contributed by atoms with E-state index in [-0.39, 0.29) is 31.3 Å². The Balaban J connectivity index is 2.78. The van der Waals surface area contributed by atoms with Gasteiger partial charge in [-0.2, -0.15) is 0 Å². The van der Waals surface area contributed by atoms with Crippen molar-refractivity contribution >= 4 is 11.8 Å². The van der Waals surface area contributed by atoms with Gasteiger partial charge in [0.15, 0.2) is 5.78 Å². The molecule has 0 saturated carbocycles. The quantitative estimate of drug-likeness (QED) is 0.581. The molecule has 0 spiro atoms. The molecule has 0 amide bonds. The van der Waals surface area contributed by atoms with E-state index in [9.17, 15) is 14.7 Å². The fourth-order valence-corrected chi connectivity index (χ4v) is 2.09. The molecule has 1 unspecified atom stereocenters. The molecule has 1 aliphatic rings. The van der Waals surface area contributed by atoms with Crippen LogP contribution in [-0.2, 0) is 19.1 Å². The van der Waals surface area contributed by atoms with Crippen molar-refractivity contribution < 1.29 is 24.2 Å². The molecule has 98 valence electrons. The van der Waals surface area contributed by atoms with E-state index in [0.29, 0.717) is 0 Å². The van der Waals surface area contributed by atoms with E-state index >= 15 is 0 Å². The summed E-state index contributed by atoms with van der Waals surface area (Å²) in [5.41, 5.74) is 0. The van der Waals surface area contributed by atoms with Crippen LogP contribution in [0.4, 0.5) is 0 Å². The van der Waals surface area contributed by atoms with Crippen LogP contribution in [0.5, 0.6) is 0 Å². The predicted octanol–water partition coefficient (Wildman–Crippen LogP) is 0.683. The fourth-order valence-electron chi connectivity index (χ4n) is 2.09. The Morgan fingerprint density at radius 2 is 2.29 bits per heavy atom. The summed E-state index contributed by atoms with van der Waals surface area (Å²) in [4.78, 5) is 23.6. The van der Waals surface area contributed by atoms with Crippen LogP contribution in [0.1, 0.15) is 33.6 Å².